The maximum atomic E-state index is 2.56. The van der Waals surface area contributed by atoms with Crippen LogP contribution in [0.5, 0.6) is 0 Å². The average Bonchev–Trinajstić information content (AvgIpc) is 2.12. The van der Waals surface area contributed by atoms with Gasteiger partial charge in [-0.2, -0.15) is 0 Å². The van der Waals surface area contributed by atoms with E-state index in [4.69, 9.17) is 0 Å². The molecule has 82 valence electrons. The first kappa shape index (κ1) is 10.5. The summed E-state index contributed by atoms with van der Waals surface area (Å²) >= 11 is 0. The van der Waals surface area contributed by atoms with Gasteiger partial charge in [0.2, 0.25) is 0 Å². The molecule has 2 bridgehead atoms. The van der Waals surface area contributed by atoms with Gasteiger partial charge in [-0.15, -0.1) is 0 Å². The second kappa shape index (κ2) is 3.25. The monoisotopic (exact) mass is 194 g/mol. The Morgan fingerprint density at radius 2 is 1.57 bits per heavy atom. The molecular formula is C14H26. The summed E-state index contributed by atoms with van der Waals surface area (Å²) < 4.78 is 0. The lowest BCUT2D eigenvalue weighted by atomic mass is 9.44. The van der Waals surface area contributed by atoms with Gasteiger partial charge in [0.15, 0.2) is 0 Å². The normalized spacial score (nSPS) is 57.6. The Morgan fingerprint density at radius 1 is 1.07 bits per heavy atom. The minimum Gasteiger partial charge on any atom is -0.0651 e. The number of hydrogen-bond donors (Lipinski definition) is 0. The second-order valence-electron chi connectivity index (χ2n) is 6.26. The summed E-state index contributed by atoms with van der Waals surface area (Å²) in [6.07, 6.45) is 4.41. The smallest absolute Gasteiger partial charge is 0.0246 e. The van der Waals surface area contributed by atoms with E-state index < -0.39 is 0 Å². The zero-order valence-electron chi connectivity index (χ0n) is 10.5. The van der Waals surface area contributed by atoms with Crippen molar-refractivity contribution >= 4 is 0 Å². The Kier molecular flexibility index (Phi) is 2.44. The van der Waals surface area contributed by atoms with Crippen molar-refractivity contribution < 1.29 is 0 Å². The van der Waals surface area contributed by atoms with Crippen LogP contribution in [0, 0.1) is 35.0 Å². The summed E-state index contributed by atoms with van der Waals surface area (Å²) in [5, 5.41) is 0. The Morgan fingerprint density at radius 3 is 2.00 bits per heavy atom. The molecule has 0 heteroatoms. The molecule has 14 heavy (non-hydrogen) atoms. The lowest BCUT2D eigenvalue weighted by Gasteiger charge is -2.61. The third-order valence-electron chi connectivity index (χ3n) is 6.14. The summed E-state index contributed by atoms with van der Waals surface area (Å²) in [7, 11) is 0. The Bertz CT molecular complexity index is 206. The van der Waals surface area contributed by atoms with E-state index in [0.717, 1.165) is 29.6 Å². The maximum Gasteiger partial charge on any atom is -0.0246 e. The highest BCUT2D eigenvalue weighted by Crippen LogP contribution is 2.62. The summed E-state index contributed by atoms with van der Waals surface area (Å²) in [4.78, 5) is 0. The van der Waals surface area contributed by atoms with Crippen LogP contribution in [0.3, 0.4) is 0 Å². The van der Waals surface area contributed by atoms with Gasteiger partial charge in [0.25, 0.3) is 0 Å². The Labute approximate surface area is 89.5 Å². The molecule has 0 aliphatic heterocycles. The van der Waals surface area contributed by atoms with Crippen LogP contribution in [-0.2, 0) is 0 Å². The molecule has 4 atom stereocenters. The minimum atomic E-state index is 0.634. The van der Waals surface area contributed by atoms with E-state index in [0.29, 0.717) is 5.41 Å². The van der Waals surface area contributed by atoms with Crippen molar-refractivity contribution in [3.05, 3.63) is 0 Å². The average molecular weight is 194 g/mol. The van der Waals surface area contributed by atoms with Crippen molar-refractivity contribution in [2.24, 2.45) is 35.0 Å². The molecule has 3 fully saturated rings. The SMILES string of the molecule is CCC1C2CC(C)C(C)(C(C)C2)C1C. The number of rotatable bonds is 1. The molecule has 4 unspecified atom stereocenters. The zero-order chi connectivity index (χ0) is 10.5. The zero-order valence-corrected chi connectivity index (χ0v) is 10.5. The lowest BCUT2D eigenvalue weighted by Crippen LogP contribution is -2.54. The van der Waals surface area contributed by atoms with Crippen molar-refractivity contribution in [3.63, 3.8) is 0 Å². The van der Waals surface area contributed by atoms with Crippen LogP contribution in [-0.4, -0.2) is 0 Å². The van der Waals surface area contributed by atoms with Gasteiger partial charge >= 0.3 is 0 Å². The van der Waals surface area contributed by atoms with Crippen LogP contribution in [0.15, 0.2) is 0 Å². The van der Waals surface area contributed by atoms with Crippen molar-refractivity contribution in [1.29, 1.82) is 0 Å². The fourth-order valence-corrected chi connectivity index (χ4v) is 4.80. The first-order chi connectivity index (χ1) is 6.51. The van der Waals surface area contributed by atoms with Gasteiger partial charge < -0.3 is 0 Å². The highest BCUT2D eigenvalue weighted by molar-refractivity contribution is 5.03. The molecule has 3 rings (SSSR count). The quantitative estimate of drug-likeness (QED) is 0.582. The van der Waals surface area contributed by atoms with Gasteiger partial charge in [0.1, 0.15) is 0 Å². The van der Waals surface area contributed by atoms with Crippen LogP contribution in [0.4, 0.5) is 0 Å². The molecule has 0 aromatic carbocycles. The number of fused-ring (bicyclic) bond motifs is 3. The van der Waals surface area contributed by atoms with Gasteiger partial charge in [-0.05, 0) is 47.8 Å². The summed E-state index contributed by atoms with van der Waals surface area (Å²) in [5.41, 5.74) is 0.634. The Hall–Kier alpha value is 0. The van der Waals surface area contributed by atoms with Crippen LogP contribution in [0.1, 0.15) is 53.9 Å². The van der Waals surface area contributed by atoms with Gasteiger partial charge in [-0.3, -0.25) is 0 Å². The molecule has 0 heterocycles. The minimum absolute atomic E-state index is 0.634. The predicted molar refractivity (Wildman–Crippen MR) is 62.1 cm³/mol. The molecule has 0 aromatic rings. The molecule has 3 saturated carbocycles. The lowest BCUT2D eigenvalue weighted by molar-refractivity contribution is -0.123. The van der Waals surface area contributed by atoms with Crippen molar-refractivity contribution in [2.45, 2.75) is 53.9 Å². The van der Waals surface area contributed by atoms with Gasteiger partial charge in [-0.1, -0.05) is 41.0 Å². The highest BCUT2D eigenvalue weighted by Gasteiger charge is 2.54. The second-order valence-corrected chi connectivity index (χ2v) is 6.26. The van der Waals surface area contributed by atoms with Crippen molar-refractivity contribution in [1.82, 2.24) is 0 Å². The van der Waals surface area contributed by atoms with Crippen LogP contribution < -0.4 is 0 Å². The van der Waals surface area contributed by atoms with E-state index in [9.17, 15) is 0 Å². The van der Waals surface area contributed by atoms with Crippen LogP contribution >= 0.6 is 0 Å². The molecule has 3 aliphatic rings. The topological polar surface area (TPSA) is 0 Å². The van der Waals surface area contributed by atoms with E-state index in [1.165, 1.54) is 19.3 Å². The third kappa shape index (κ3) is 1.12. The summed E-state index contributed by atoms with van der Waals surface area (Å²) in [6, 6.07) is 0. The van der Waals surface area contributed by atoms with E-state index in [2.05, 4.69) is 34.6 Å². The number of hydrogen-bond acceptors (Lipinski definition) is 0. The molecule has 0 nitrogen and oxygen atoms in total. The van der Waals surface area contributed by atoms with Crippen LogP contribution in [0.2, 0.25) is 0 Å². The largest absolute Gasteiger partial charge is 0.0651 e. The van der Waals surface area contributed by atoms with Crippen molar-refractivity contribution in [2.75, 3.05) is 0 Å². The first-order valence-electron chi connectivity index (χ1n) is 6.51. The van der Waals surface area contributed by atoms with E-state index >= 15 is 0 Å². The van der Waals surface area contributed by atoms with E-state index in [1.54, 1.807) is 0 Å². The fourth-order valence-electron chi connectivity index (χ4n) is 4.80. The third-order valence-corrected chi connectivity index (χ3v) is 6.14. The Balaban J connectivity index is 2.32. The summed E-state index contributed by atoms with van der Waals surface area (Å²) in [6.45, 7) is 12.5. The molecule has 0 amide bonds. The fraction of sp³-hybridized carbons (Fsp3) is 1.00. The molecule has 0 saturated heterocycles. The molecule has 0 spiro atoms. The molecule has 0 radical (unpaired) electrons. The molecule has 0 aromatic heterocycles. The van der Waals surface area contributed by atoms with Gasteiger partial charge in [0.05, 0.1) is 0 Å². The van der Waals surface area contributed by atoms with Crippen LogP contribution in [0.25, 0.3) is 0 Å². The van der Waals surface area contributed by atoms with Gasteiger partial charge in [-0.25, -0.2) is 0 Å². The maximum absolute atomic E-state index is 2.56. The molecule has 0 N–H and O–H groups in total. The standard InChI is InChI=1S/C14H26/c1-6-13-11(4)14(5)9(2)7-12(13)8-10(14)3/h9-13H,6-8H2,1-5H3. The van der Waals surface area contributed by atoms with Crippen molar-refractivity contribution in [3.8, 4) is 0 Å². The van der Waals surface area contributed by atoms with E-state index in [-0.39, 0.29) is 0 Å². The molecule has 3 aliphatic carbocycles. The summed E-state index contributed by atoms with van der Waals surface area (Å²) in [5.74, 6) is 4.92. The highest BCUT2D eigenvalue weighted by atomic mass is 14.6. The first-order valence-corrected chi connectivity index (χ1v) is 6.51. The predicted octanol–water partition coefficient (Wildman–Crippen LogP) is 4.35. The van der Waals surface area contributed by atoms with Gasteiger partial charge in [0, 0.05) is 0 Å². The van der Waals surface area contributed by atoms with E-state index in [1.807, 2.05) is 0 Å². The molecular weight excluding hydrogens is 168 g/mol.